The molecule has 17 heavy (non-hydrogen) atoms. The van der Waals surface area contributed by atoms with Gasteiger partial charge in [-0.3, -0.25) is 9.50 Å². The number of carbonyl (C=O) groups is 1. The lowest BCUT2D eigenvalue weighted by Crippen LogP contribution is -1.97. The topological polar surface area (TPSA) is 17.1 Å². The fourth-order valence-electron chi connectivity index (χ4n) is 1.98. The van der Waals surface area contributed by atoms with Crippen LogP contribution in [-0.2, 0) is 4.79 Å². The van der Waals surface area contributed by atoms with Crippen LogP contribution in [-0.4, -0.2) is 5.78 Å². The fraction of sp³-hybridized carbons (Fsp3) is 0.933. The highest BCUT2D eigenvalue weighted by Gasteiger charge is 2.01. The zero-order valence-electron chi connectivity index (χ0n) is 11.8. The van der Waals surface area contributed by atoms with E-state index in [-0.39, 0.29) is 4.70 Å². The first-order chi connectivity index (χ1) is 7.81. The predicted molar refractivity (Wildman–Crippen MR) is 74.3 cm³/mol. The summed E-state index contributed by atoms with van der Waals surface area (Å²) in [5.74, 6) is 0.494. The van der Waals surface area contributed by atoms with E-state index in [0.29, 0.717) is 5.78 Å². The SMILES string of the molecule is CCCCCCCC(=O)CCCCCCC.F. The van der Waals surface area contributed by atoms with E-state index in [2.05, 4.69) is 13.8 Å². The van der Waals surface area contributed by atoms with Gasteiger partial charge in [0.15, 0.2) is 0 Å². The molecule has 0 fully saturated rings. The molecule has 0 N–H and O–H groups in total. The number of hydrogen-bond donors (Lipinski definition) is 0. The highest BCUT2D eigenvalue weighted by molar-refractivity contribution is 5.78. The van der Waals surface area contributed by atoms with Crippen LogP contribution in [0, 0.1) is 0 Å². The zero-order valence-corrected chi connectivity index (χ0v) is 11.8. The van der Waals surface area contributed by atoms with Crippen molar-refractivity contribution in [1.29, 1.82) is 0 Å². The second-order valence-electron chi connectivity index (χ2n) is 4.87. The van der Waals surface area contributed by atoms with Crippen molar-refractivity contribution in [2.24, 2.45) is 0 Å². The fourth-order valence-corrected chi connectivity index (χ4v) is 1.98. The van der Waals surface area contributed by atoms with Gasteiger partial charge in [0.1, 0.15) is 5.78 Å². The third kappa shape index (κ3) is 15.6. The van der Waals surface area contributed by atoms with Crippen LogP contribution in [0.1, 0.15) is 90.9 Å². The summed E-state index contributed by atoms with van der Waals surface area (Å²) < 4.78 is 0. The molecule has 0 aliphatic rings. The van der Waals surface area contributed by atoms with Crippen LogP contribution in [0.3, 0.4) is 0 Å². The van der Waals surface area contributed by atoms with Gasteiger partial charge in [-0.15, -0.1) is 0 Å². The predicted octanol–water partition coefficient (Wildman–Crippen LogP) is 5.43. The summed E-state index contributed by atoms with van der Waals surface area (Å²) in [4.78, 5) is 11.5. The van der Waals surface area contributed by atoms with Gasteiger partial charge in [0.2, 0.25) is 0 Å². The smallest absolute Gasteiger partial charge is 0.132 e. The first-order valence-corrected chi connectivity index (χ1v) is 7.33. The second kappa shape index (κ2) is 15.6. The molecule has 0 atom stereocenters. The highest BCUT2D eigenvalue weighted by Crippen LogP contribution is 2.10. The summed E-state index contributed by atoms with van der Waals surface area (Å²) in [6.07, 6.45) is 14.2. The molecule has 0 unspecified atom stereocenters. The molecule has 0 aliphatic carbocycles. The Morgan fingerprint density at radius 3 is 1.35 bits per heavy atom. The van der Waals surface area contributed by atoms with Crippen molar-refractivity contribution in [3.8, 4) is 0 Å². The Morgan fingerprint density at radius 1 is 0.647 bits per heavy atom. The van der Waals surface area contributed by atoms with E-state index in [1.807, 2.05) is 0 Å². The van der Waals surface area contributed by atoms with Crippen LogP contribution in [0.4, 0.5) is 4.70 Å². The van der Waals surface area contributed by atoms with Gasteiger partial charge >= 0.3 is 0 Å². The summed E-state index contributed by atoms with van der Waals surface area (Å²) in [7, 11) is 0. The summed E-state index contributed by atoms with van der Waals surface area (Å²) in [5, 5.41) is 0. The quantitative estimate of drug-likeness (QED) is 0.420. The molecule has 0 amide bonds. The van der Waals surface area contributed by atoms with Crippen molar-refractivity contribution in [1.82, 2.24) is 0 Å². The Morgan fingerprint density at radius 2 is 1.00 bits per heavy atom. The minimum atomic E-state index is 0. The van der Waals surface area contributed by atoms with Gasteiger partial charge in [-0.25, -0.2) is 0 Å². The van der Waals surface area contributed by atoms with E-state index in [0.717, 1.165) is 25.7 Å². The normalized spacial score (nSPS) is 10.0. The molecule has 0 aromatic rings. The molecule has 0 bridgehead atoms. The number of hydrogen-bond acceptors (Lipinski definition) is 1. The first kappa shape index (κ1) is 19.0. The Bertz CT molecular complexity index is 141. The average molecular weight is 246 g/mol. The molecule has 0 saturated heterocycles. The number of ketones is 1. The third-order valence-corrected chi connectivity index (χ3v) is 3.12. The van der Waals surface area contributed by atoms with Crippen molar-refractivity contribution in [2.75, 3.05) is 0 Å². The molecular formula is C15H31FO. The van der Waals surface area contributed by atoms with Gasteiger partial charge in [-0.05, 0) is 12.8 Å². The lowest BCUT2D eigenvalue weighted by Gasteiger charge is -2.01. The Balaban J connectivity index is 0. The van der Waals surface area contributed by atoms with Gasteiger partial charge in [0, 0.05) is 12.8 Å². The van der Waals surface area contributed by atoms with Crippen molar-refractivity contribution in [3.05, 3.63) is 0 Å². The maximum Gasteiger partial charge on any atom is 0.132 e. The molecule has 0 aromatic carbocycles. The minimum absolute atomic E-state index is 0. The maximum absolute atomic E-state index is 11.5. The van der Waals surface area contributed by atoms with Crippen LogP contribution in [0.5, 0.6) is 0 Å². The summed E-state index contributed by atoms with van der Waals surface area (Å²) >= 11 is 0. The second-order valence-corrected chi connectivity index (χ2v) is 4.87. The van der Waals surface area contributed by atoms with Crippen LogP contribution in [0.15, 0.2) is 0 Å². The maximum atomic E-state index is 11.5. The Hall–Kier alpha value is -0.400. The average Bonchev–Trinajstić information content (AvgIpc) is 2.28. The molecule has 0 saturated carbocycles. The number of unbranched alkanes of at least 4 members (excludes halogenated alkanes) is 8. The first-order valence-electron chi connectivity index (χ1n) is 7.33. The largest absolute Gasteiger partial charge is 0.300 e. The van der Waals surface area contributed by atoms with Crippen molar-refractivity contribution in [3.63, 3.8) is 0 Å². The molecule has 0 rings (SSSR count). The third-order valence-electron chi connectivity index (χ3n) is 3.12. The van der Waals surface area contributed by atoms with E-state index in [1.54, 1.807) is 0 Å². The number of carbonyl (C=O) groups excluding carboxylic acids is 1. The van der Waals surface area contributed by atoms with Crippen molar-refractivity contribution >= 4 is 5.78 Å². The minimum Gasteiger partial charge on any atom is -0.300 e. The van der Waals surface area contributed by atoms with Crippen LogP contribution in [0.2, 0.25) is 0 Å². The van der Waals surface area contributed by atoms with Crippen molar-refractivity contribution < 1.29 is 9.50 Å². The van der Waals surface area contributed by atoms with Crippen molar-refractivity contribution in [2.45, 2.75) is 90.9 Å². The van der Waals surface area contributed by atoms with Crippen LogP contribution in [0.25, 0.3) is 0 Å². The molecule has 0 aliphatic heterocycles. The van der Waals surface area contributed by atoms with E-state index < -0.39 is 0 Å². The standard InChI is InChI=1S/C15H30O.FH/c1-3-5-7-9-11-13-15(16)14-12-10-8-6-4-2;/h3-14H2,1-2H3;1H. The molecule has 0 aromatic heterocycles. The van der Waals surface area contributed by atoms with Gasteiger partial charge in [0.25, 0.3) is 0 Å². The van der Waals surface area contributed by atoms with Gasteiger partial charge in [-0.1, -0.05) is 65.2 Å². The molecule has 1 nitrogen and oxygen atoms in total. The molecule has 0 radical (unpaired) electrons. The summed E-state index contributed by atoms with van der Waals surface area (Å²) in [6.45, 7) is 4.45. The zero-order chi connectivity index (χ0) is 12.1. The molecule has 0 spiro atoms. The van der Waals surface area contributed by atoms with Gasteiger partial charge in [0.05, 0.1) is 0 Å². The lowest BCUT2D eigenvalue weighted by molar-refractivity contribution is -0.119. The molecular weight excluding hydrogens is 215 g/mol. The lowest BCUT2D eigenvalue weighted by atomic mass is 10.0. The Labute approximate surface area is 107 Å². The van der Waals surface area contributed by atoms with E-state index in [1.165, 1.54) is 51.4 Å². The van der Waals surface area contributed by atoms with E-state index >= 15 is 0 Å². The van der Waals surface area contributed by atoms with Gasteiger partial charge in [-0.2, -0.15) is 0 Å². The summed E-state index contributed by atoms with van der Waals surface area (Å²) in [6, 6.07) is 0. The van der Waals surface area contributed by atoms with Crippen LogP contribution < -0.4 is 0 Å². The molecule has 2 heteroatoms. The van der Waals surface area contributed by atoms with E-state index in [4.69, 9.17) is 0 Å². The highest BCUT2D eigenvalue weighted by atomic mass is 19.0. The Kier molecular flexibility index (Phi) is 17.4. The number of Topliss-reactive ketones (excluding diaryl/α,β-unsaturated/α-hetero) is 1. The molecule has 104 valence electrons. The van der Waals surface area contributed by atoms with Crippen LogP contribution >= 0.6 is 0 Å². The van der Waals surface area contributed by atoms with E-state index in [9.17, 15) is 4.79 Å². The summed E-state index contributed by atoms with van der Waals surface area (Å²) in [5.41, 5.74) is 0. The molecule has 0 heterocycles. The number of halogens is 1. The number of rotatable bonds is 12. The van der Waals surface area contributed by atoms with Gasteiger partial charge < -0.3 is 0 Å². The monoisotopic (exact) mass is 246 g/mol.